The Morgan fingerprint density at radius 2 is 2.00 bits per heavy atom. The maximum absolute atomic E-state index is 5.51. The van der Waals surface area contributed by atoms with Crippen LogP contribution in [0.3, 0.4) is 0 Å². The lowest BCUT2D eigenvalue weighted by molar-refractivity contribution is -0.177. The zero-order valence-electron chi connectivity index (χ0n) is 7.10. The fraction of sp³-hybridized carbons (Fsp3) is 1.00. The largest absolute Gasteiger partial charge is 0.348 e. The second-order valence-electron chi connectivity index (χ2n) is 3.09. The molecular weight excluding hydrogens is 208 g/mol. The molecule has 1 rings (SSSR count). The maximum atomic E-state index is 5.51. The maximum Gasteiger partial charge on any atom is 0.168 e. The van der Waals surface area contributed by atoms with Gasteiger partial charge in [-0.2, -0.15) is 0 Å². The Morgan fingerprint density at radius 1 is 1.45 bits per heavy atom. The molecule has 0 bridgehead atoms. The monoisotopic (exact) mass is 222 g/mol. The lowest BCUT2D eigenvalue weighted by Gasteiger charge is -2.28. The van der Waals surface area contributed by atoms with Crippen molar-refractivity contribution in [3.05, 3.63) is 0 Å². The SMILES string of the molecule is C[C@H](CCBr)C1(C)OCCO1. The first-order chi connectivity index (χ1) is 5.19. The molecule has 0 unspecified atom stereocenters. The molecule has 0 saturated carbocycles. The van der Waals surface area contributed by atoms with Crippen LogP contribution in [0.5, 0.6) is 0 Å². The molecular formula is C8H15BrO2. The van der Waals surface area contributed by atoms with Crippen LogP contribution in [-0.4, -0.2) is 24.3 Å². The van der Waals surface area contributed by atoms with E-state index in [1.54, 1.807) is 0 Å². The average Bonchev–Trinajstić information content (AvgIpc) is 2.38. The van der Waals surface area contributed by atoms with E-state index in [1.807, 2.05) is 6.92 Å². The quantitative estimate of drug-likeness (QED) is 0.682. The minimum Gasteiger partial charge on any atom is -0.348 e. The smallest absolute Gasteiger partial charge is 0.168 e. The van der Waals surface area contributed by atoms with Gasteiger partial charge in [-0.25, -0.2) is 0 Å². The van der Waals surface area contributed by atoms with Crippen LogP contribution < -0.4 is 0 Å². The summed E-state index contributed by atoms with van der Waals surface area (Å²) in [6.45, 7) is 5.66. The highest BCUT2D eigenvalue weighted by Gasteiger charge is 2.36. The molecule has 11 heavy (non-hydrogen) atoms. The molecule has 66 valence electrons. The van der Waals surface area contributed by atoms with E-state index in [9.17, 15) is 0 Å². The molecule has 0 aliphatic carbocycles. The molecule has 1 atom stereocenters. The van der Waals surface area contributed by atoms with Gasteiger partial charge < -0.3 is 9.47 Å². The first-order valence-electron chi connectivity index (χ1n) is 4.03. The molecule has 0 aromatic carbocycles. The fourth-order valence-corrected chi connectivity index (χ4v) is 1.93. The van der Waals surface area contributed by atoms with E-state index in [4.69, 9.17) is 9.47 Å². The number of alkyl halides is 1. The van der Waals surface area contributed by atoms with Crippen LogP contribution >= 0.6 is 15.9 Å². The van der Waals surface area contributed by atoms with Crippen LogP contribution in [0.1, 0.15) is 20.3 Å². The van der Waals surface area contributed by atoms with E-state index >= 15 is 0 Å². The predicted molar refractivity (Wildman–Crippen MR) is 47.9 cm³/mol. The Bertz CT molecular complexity index is 121. The standard InChI is InChI=1S/C8H15BrO2/c1-7(3-4-9)8(2)10-5-6-11-8/h7H,3-6H2,1-2H3/t7-/m1/s1. The number of ether oxygens (including phenoxy) is 2. The van der Waals surface area contributed by atoms with Crippen molar-refractivity contribution in [2.45, 2.75) is 26.1 Å². The molecule has 2 nitrogen and oxygen atoms in total. The van der Waals surface area contributed by atoms with Crippen LogP contribution in [0.25, 0.3) is 0 Å². The third-order valence-electron chi connectivity index (χ3n) is 2.30. The molecule has 0 amide bonds. The number of hydrogen-bond donors (Lipinski definition) is 0. The van der Waals surface area contributed by atoms with Crippen LogP contribution in [0.2, 0.25) is 0 Å². The first kappa shape index (κ1) is 9.49. The minimum absolute atomic E-state index is 0.326. The van der Waals surface area contributed by atoms with Crippen molar-refractivity contribution in [2.24, 2.45) is 5.92 Å². The molecule has 3 heteroatoms. The second kappa shape index (κ2) is 3.87. The highest BCUT2D eigenvalue weighted by Crippen LogP contribution is 2.29. The molecule has 1 aliphatic rings. The van der Waals surface area contributed by atoms with Crippen molar-refractivity contribution in [2.75, 3.05) is 18.5 Å². The van der Waals surface area contributed by atoms with Gasteiger partial charge in [0.25, 0.3) is 0 Å². The molecule has 1 fully saturated rings. The molecule has 1 heterocycles. The summed E-state index contributed by atoms with van der Waals surface area (Å²) >= 11 is 3.41. The van der Waals surface area contributed by atoms with Gasteiger partial charge in [-0.3, -0.25) is 0 Å². The number of halogens is 1. The van der Waals surface area contributed by atoms with Crippen LogP contribution in [0.15, 0.2) is 0 Å². The van der Waals surface area contributed by atoms with Gasteiger partial charge in [0.15, 0.2) is 5.79 Å². The molecule has 0 spiro atoms. The molecule has 1 saturated heterocycles. The Balaban J connectivity index is 2.42. The summed E-state index contributed by atoms with van der Waals surface area (Å²) in [6, 6.07) is 0. The zero-order chi connectivity index (χ0) is 8.32. The summed E-state index contributed by atoms with van der Waals surface area (Å²) < 4.78 is 11.0. The topological polar surface area (TPSA) is 18.5 Å². The van der Waals surface area contributed by atoms with Gasteiger partial charge in [-0.15, -0.1) is 0 Å². The van der Waals surface area contributed by atoms with Crippen LogP contribution in [-0.2, 0) is 9.47 Å². The van der Waals surface area contributed by atoms with Gasteiger partial charge >= 0.3 is 0 Å². The summed E-state index contributed by atoms with van der Waals surface area (Å²) in [4.78, 5) is 0. The lowest BCUT2D eigenvalue weighted by Crippen LogP contribution is -2.34. The summed E-state index contributed by atoms with van der Waals surface area (Å²) in [6.07, 6.45) is 1.09. The Kier molecular flexibility index (Phi) is 3.34. The van der Waals surface area contributed by atoms with E-state index in [0.29, 0.717) is 5.92 Å². The van der Waals surface area contributed by atoms with Gasteiger partial charge in [0.2, 0.25) is 0 Å². The van der Waals surface area contributed by atoms with Gasteiger partial charge in [0.1, 0.15) is 0 Å². The third-order valence-corrected chi connectivity index (χ3v) is 2.76. The van der Waals surface area contributed by atoms with Crippen LogP contribution in [0.4, 0.5) is 0 Å². The van der Waals surface area contributed by atoms with Gasteiger partial charge in [0.05, 0.1) is 13.2 Å². The Morgan fingerprint density at radius 3 is 2.45 bits per heavy atom. The van der Waals surface area contributed by atoms with E-state index in [0.717, 1.165) is 25.0 Å². The zero-order valence-corrected chi connectivity index (χ0v) is 8.69. The lowest BCUT2D eigenvalue weighted by atomic mass is 10.00. The fourth-order valence-electron chi connectivity index (χ4n) is 1.24. The van der Waals surface area contributed by atoms with E-state index in [-0.39, 0.29) is 5.79 Å². The average molecular weight is 223 g/mol. The van der Waals surface area contributed by atoms with Crippen LogP contribution in [0, 0.1) is 5.92 Å². The first-order valence-corrected chi connectivity index (χ1v) is 5.15. The third kappa shape index (κ3) is 2.17. The minimum atomic E-state index is -0.326. The van der Waals surface area contributed by atoms with Crippen molar-refractivity contribution < 1.29 is 9.47 Å². The van der Waals surface area contributed by atoms with Gasteiger partial charge in [0, 0.05) is 11.2 Å². The number of rotatable bonds is 3. The normalized spacial score (nSPS) is 25.4. The van der Waals surface area contributed by atoms with E-state index in [1.165, 1.54) is 0 Å². The highest BCUT2D eigenvalue weighted by atomic mass is 79.9. The predicted octanol–water partition coefficient (Wildman–Crippen LogP) is 2.17. The van der Waals surface area contributed by atoms with Gasteiger partial charge in [-0.1, -0.05) is 22.9 Å². The molecule has 0 aromatic heterocycles. The van der Waals surface area contributed by atoms with Crippen molar-refractivity contribution in [3.63, 3.8) is 0 Å². The Hall–Kier alpha value is 0.400. The summed E-state index contributed by atoms with van der Waals surface area (Å²) in [5.41, 5.74) is 0. The number of hydrogen-bond acceptors (Lipinski definition) is 2. The summed E-state index contributed by atoms with van der Waals surface area (Å²) in [5.74, 6) is 0.137. The molecule has 1 aliphatic heterocycles. The highest BCUT2D eigenvalue weighted by molar-refractivity contribution is 9.09. The Labute approximate surface area is 76.4 Å². The van der Waals surface area contributed by atoms with Crippen molar-refractivity contribution >= 4 is 15.9 Å². The van der Waals surface area contributed by atoms with E-state index < -0.39 is 0 Å². The van der Waals surface area contributed by atoms with Gasteiger partial charge in [-0.05, 0) is 13.3 Å². The van der Waals surface area contributed by atoms with Crippen molar-refractivity contribution in [3.8, 4) is 0 Å². The van der Waals surface area contributed by atoms with E-state index in [2.05, 4.69) is 22.9 Å². The van der Waals surface area contributed by atoms with Crippen molar-refractivity contribution in [1.82, 2.24) is 0 Å². The molecule has 0 aromatic rings. The summed E-state index contributed by atoms with van der Waals surface area (Å²) in [7, 11) is 0. The summed E-state index contributed by atoms with van der Waals surface area (Å²) in [5, 5.41) is 1.01. The second-order valence-corrected chi connectivity index (χ2v) is 3.88. The molecule has 0 radical (unpaired) electrons. The molecule has 0 N–H and O–H groups in total. The van der Waals surface area contributed by atoms with Crippen molar-refractivity contribution in [1.29, 1.82) is 0 Å².